The SMILES string of the molecule is Cc1ccc(C(=O)CSc2ccc(Br)cn2)s1. The molecule has 0 atom stereocenters. The average molecular weight is 328 g/mol. The number of thiophene rings is 1. The van der Waals surface area contributed by atoms with Gasteiger partial charge in [0.2, 0.25) is 0 Å². The Balaban J connectivity index is 1.94. The molecule has 0 aliphatic carbocycles. The second-order valence-electron chi connectivity index (χ2n) is 3.44. The van der Waals surface area contributed by atoms with Gasteiger partial charge in [-0.15, -0.1) is 11.3 Å². The highest BCUT2D eigenvalue weighted by Gasteiger charge is 2.09. The number of hydrogen-bond acceptors (Lipinski definition) is 4. The lowest BCUT2D eigenvalue weighted by Crippen LogP contribution is -1.99. The molecule has 2 rings (SSSR count). The third-order valence-corrected chi connectivity index (χ3v) is 4.52. The number of aryl methyl sites for hydroxylation is 1. The number of carbonyl (C=O) groups is 1. The molecule has 0 spiro atoms. The Hall–Kier alpha value is -0.650. The first-order valence-electron chi connectivity index (χ1n) is 4.99. The summed E-state index contributed by atoms with van der Waals surface area (Å²) >= 11 is 6.34. The van der Waals surface area contributed by atoms with Crippen molar-refractivity contribution in [1.82, 2.24) is 4.98 Å². The maximum Gasteiger partial charge on any atom is 0.183 e. The molecule has 0 saturated heterocycles. The number of aromatic nitrogens is 1. The second-order valence-corrected chi connectivity index (χ2v) is 6.64. The lowest BCUT2D eigenvalue weighted by Gasteiger charge is -1.99. The van der Waals surface area contributed by atoms with Gasteiger partial charge in [-0.2, -0.15) is 0 Å². The third kappa shape index (κ3) is 3.66. The van der Waals surface area contributed by atoms with Gasteiger partial charge in [-0.25, -0.2) is 4.98 Å². The predicted molar refractivity (Wildman–Crippen MR) is 76.0 cm³/mol. The maximum absolute atomic E-state index is 11.9. The van der Waals surface area contributed by atoms with Crippen molar-refractivity contribution in [1.29, 1.82) is 0 Å². The van der Waals surface area contributed by atoms with Crippen molar-refractivity contribution < 1.29 is 4.79 Å². The Morgan fingerprint density at radius 3 is 2.82 bits per heavy atom. The van der Waals surface area contributed by atoms with E-state index in [-0.39, 0.29) is 5.78 Å². The molecule has 2 aromatic heterocycles. The minimum Gasteiger partial charge on any atom is -0.292 e. The van der Waals surface area contributed by atoms with Crippen LogP contribution in [0.2, 0.25) is 0 Å². The molecule has 0 radical (unpaired) electrons. The van der Waals surface area contributed by atoms with Crippen LogP contribution in [-0.2, 0) is 0 Å². The number of thioether (sulfide) groups is 1. The Bertz CT molecular complexity index is 522. The van der Waals surface area contributed by atoms with Crippen LogP contribution in [0.4, 0.5) is 0 Å². The van der Waals surface area contributed by atoms with Crippen molar-refractivity contribution in [3.8, 4) is 0 Å². The summed E-state index contributed by atoms with van der Waals surface area (Å²) < 4.78 is 0.946. The number of pyridine rings is 1. The van der Waals surface area contributed by atoms with E-state index in [4.69, 9.17) is 0 Å². The van der Waals surface area contributed by atoms with E-state index in [1.807, 2.05) is 31.2 Å². The number of ketones is 1. The summed E-state index contributed by atoms with van der Waals surface area (Å²) in [5.74, 6) is 0.604. The molecule has 2 aromatic rings. The number of Topliss-reactive ketones (excluding diaryl/α,β-unsaturated/α-hetero) is 1. The zero-order chi connectivity index (χ0) is 12.3. The van der Waals surface area contributed by atoms with Crippen LogP contribution in [0, 0.1) is 6.92 Å². The highest BCUT2D eigenvalue weighted by atomic mass is 79.9. The van der Waals surface area contributed by atoms with Crippen molar-refractivity contribution in [3.63, 3.8) is 0 Å². The fraction of sp³-hybridized carbons (Fsp3) is 0.167. The Kier molecular flexibility index (Phi) is 4.36. The highest BCUT2D eigenvalue weighted by Crippen LogP contribution is 2.21. The van der Waals surface area contributed by atoms with E-state index in [0.29, 0.717) is 5.75 Å². The molecule has 0 aliphatic heterocycles. The van der Waals surface area contributed by atoms with E-state index >= 15 is 0 Å². The van der Waals surface area contributed by atoms with Crippen LogP contribution in [-0.4, -0.2) is 16.5 Å². The van der Waals surface area contributed by atoms with Crippen LogP contribution in [0.5, 0.6) is 0 Å². The summed E-state index contributed by atoms with van der Waals surface area (Å²) in [5.41, 5.74) is 0. The molecular weight excluding hydrogens is 318 g/mol. The van der Waals surface area contributed by atoms with E-state index in [2.05, 4.69) is 20.9 Å². The maximum atomic E-state index is 11.9. The van der Waals surface area contributed by atoms with Crippen LogP contribution >= 0.6 is 39.0 Å². The van der Waals surface area contributed by atoms with E-state index in [0.717, 1.165) is 14.4 Å². The van der Waals surface area contributed by atoms with E-state index < -0.39 is 0 Å². The number of nitrogens with zero attached hydrogens (tertiary/aromatic N) is 1. The first kappa shape index (κ1) is 12.8. The summed E-state index contributed by atoms with van der Waals surface area (Å²) in [5, 5.41) is 0.870. The molecule has 0 N–H and O–H groups in total. The van der Waals surface area contributed by atoms with Crippen molar-refractivity contribution in [2.24, 2.45) is 0 Å². The predicted octanol–water partition coefficient (Wildman–Crippen LogP) is 4.19. The summed E-state index contributed by atoms with van der Waals surface area (Å²) in [7, 11) is 0. The smallest absolute Gasteiger partial charge is 0.183 e. The molecule has 88 valence electrons. The molecule has 5 heteroatoms. The Morgan fingerprint density at radius 2 is 2.24 bits per heavy atom. The third-order valence-electron chi connectivity index (χ3n) is 2.07. The van der Waals surface area contributed by atoms with Gasteiger partial charge in [-0.1, -0.05) is 11.8 Å². The van der Waals surface area contributed by atoms with Gasteiger partial charge >= 0.3 is 0 Å². The van der Waals surface area contributed by atoms with Crippen molar-refractivity contribution in [2.45, 2.75) is 11.9 Å². The van der Waals surface area contributed by atoms with Crippen LogP contribution in [0.1, 0.15) is 14.5 Å². The average Bonchev–Trinajstić information content (AvgIpc) is 2.75. The monoisotopic (exact) mass is 327 g/mol. The zero-order valence-electron chi connectivity index (χ0n) is 9.14. The highest BCUT2D eigenvalue weighted by molar-refractivity contribution is 9.10. The summed E-state index contributed by atoms with van der Waals surface area (Å²) in [6.45, 7) is 2.00. The molecule has 0 amide bonds. The summed E-state index contributed by atoms with van der Waals surface area (Å²) in [4.78, 5) is 18.1. The second kappa shape index (κ2) is 5.80. The van der Waals surface area contributed by atoms with Crippen LogP contribution < -0.4 is 0 Å². The van der Waals surface area contributed by atoms with E-state index in [1.165, 1.54) is 16.6 Å². The van der Waals surface area contributed by atoms with Crippen molar-refractivity contribution >= 4 is 44.8 Å². The Labute approximate surface area is 117 Å². The van der Waals surface area contributed by atoms with Gasteiger partial charge in [0.1, 0.15) is 0 Å². The van der Waals surface area contributed by atoms with Gasteiger partial charge < -0.3 is 0 Å². The van der Waals surface area contributed by atoms with E-state index in [9.17, 15) is 4.79 Å². The summed E-state index contributed by atoms with van der Waals surface area (Å²) in [6, 6.07) is 7.69. The summed E-state index contributed by atoms with van der Waals surface area (Å²) in [6.07, 6.45) is 1.74. The lowest BCUT2D eigenvalue weighted by molar-refractivity contribution is 0.102. The molecule has 0 aromatic carbocycles. The van der Waals surface area contributed by atoms with Crippen LogP contribution in [0.15, 0.2) is 40.0 Å². The van der Waals surface area contributed by atoms with Gasteiger partial charge in [0, 0.05) is 15.5 Å². The van der Waals surface area contributed by atoms with Gasteiger partial charge in [0.05, 0.1) is 15.7 Å². The number of halogens is 1. The lowest BCUT2D eigenvalue weighted by atomic mass is 10.3. The molecule has 0 aliphatic rings. The number of rotatable bonds is 4. The largest absolute Gasteiger partial charge is 0.292 e. The van der Waals surface area contributed by atoms with Crippen molar-refractivity contribution in [2.75, 3.05) is 5.75 Å². The zero-order valence-corrected chi connectivity index (χ0v) is 12.4. The number of carbonyl (C=O) groups excluding carboxylic acids is 1. The van der Waals surface area contributed by atoms with Crippen LogP contribution in [0.25, 0.3) is 0 Å². The van der Waals surface area contributed by atoms with Gasteiger partial charge in [-0.05, 0) is 47.1 Å². The molecule has 0 fully saturated rings. The molecule has 0 bridgehead atoms. The van der Waals surface area contributed by atoms with Gasteiger partial charge in [-0.3, -0.25) is 4.79 Å². The molecule has 17 heavy (non-hydrogen) atoms. The normalized spacial score (nSPS) is 10.5. The first-order valence-corrected chi connectivity index (χ1v) is 7.58. The van der Waals surface area contributed by atoms with E-state index in [1.54, 1.807) is 17.5 Å². The molecule has 0 saturated carbocycles. The minimum atomic E-state index is 0.165. The minimum absolute atomic E-state index is 0.165. The fourth-order valence-electron chi connectivity index (χ4n) is 1.24. The number of hydrogen-bond donors (Lipinski definition) is 0. The standard InChI is InChI=1S/C12H10BrNOS2/c1-8-2-4-11(17-8)10(15)7-16-12-5-3-9(13)6-14-12/h2-6H,7H2,1H3. The quantitative estimate of drug-likeness (QED) is 0.623. The topological polar surface area (TPSA) is 30.0 Å². The molecule has 0 unspecified atom stereocenters. The first-order chi connectivity index (χ1) is 8.15. The van der Waals surface area contributed by atoms with Gasteiger partial charge in [0.25, 0.3) is 0 Å². The van der Waals surface area contributed by atoms with Crippen LogP contribution in [0.3, 0.4) is 0 Å². The Morgan fingerprint density at radius 1 is 1.41 bits per heavy atom. The molecule has 2 nitrogen and oxygen atoms in total. The fourth-order valence-corrected chi connectivity index (χ4v) is 3.10. The van der Waals surface area contributed by atoms with Crippen molar-refractivity contribution in [3.05, 3.63) is 44.7 Å². The molecular formula is C12H10BrNOS2. The molecule has 2 heterocycles. The van der Waals surface area contributed by atoms with Gasteiger partial charge in [0.15, 0.2) is 5.78 Å².